The van der Waals surface area contributed by atoms with E-state index in [-0.39, 0.29) is 5.56 Å². The van der Waals surface area contributed by atoms with Gasteiger partial charge in [-0.15, -0.1) is 5.54 Å². The van der Waals surface area contributed by atoms with Crippen molar-refractivity contribution in [2.45, 2.75) is 19.6 Å². The first kappa shape index (κ1) is 16.2. The fourth-order valence-electron chi connectivity index (χ4n) is 1.69. The molecule has 0 bridgehead atoms. The van der Waals surface area contributed by atoms with Crippen molar-refractivity contribution in [1.29, 1.82) is 0 Å². The highest BCUT2D eigenvalue weighted by atomic mass is 35.5. The van der Waals surface area contributed by atoms with Crippen molar-refractivity contribution in [3.05, 3.63) is 46.7 Å². The first-order valence-corrected chi connectivity index (χ1v) is 10.6. The van der Waals surface area contributed by atoms with E-state index in [0.29, 0.717) is 16.4 Å². The van der Waals surface area contributed by atoms with Crippen LogP contribution in [0.2, 0.25) is 24.7 Å². The SMILES string of the molecule is C[Si](C)(C)C#Cc1cccc(Cl)c1-c1ncc(C(N)=O)cn1. The number of nitrogens with two attached hydrogens (primary N) is 1. The van der Waals surface area contributed by atoms with Crippen LogP contribution in [-0.2, 0) is 0 Å². The molecular formula is C16H16ClN3OSi. The van der Waals surface area contributed by atoms with Crippen LogP contribution in [0.5, 0.6) is 0 Å². The maximum absolute atomic E-state index is 11.1. The Kier molecular flexibility index (Phi) is 4.64. The molecule has 1 heterocycles. The summed E-state index contributed by atoms with van der Waals surface area (Å²) < 4.78 is 0. The lowest BCUT2D eigenvalue weighted by atomic mass is 10.1. The Hall–Kier alpha value is -2.16. The lowest BCUT2D eigenvalue weighted by Gasteiger charge is -2.08. The molecule has 4 nitrogen and oxygen atoms in total. The summed E-state index contributed by atoms with van der Waals surface area (Å²) in [5.74, 6) is 3.05. The summed E-state index contributed by atoms with van der Waals surface area (Å²) in [5, 5.41) is 0.522. The van der Waals surface area contributed by atoms with Crippen molar-refractivity contribution in [1.82, 2.24) is 9.97 Å². The number of nitrogens with zero attached hydrogens (tertiary/aromatic N) is 2. The first-order chi connectivity index (χ1) is 10.3. The summed E-state index contributed by atoms with van der Waals surface area (Å²) in [6.07, 6.45) is 2.79. The Bertz CT molecular complexity index is 771. The smallest absolute Gasteiger partial charge is 0.251 e. The van der Waals surface area contributed by atoms with Crippen LogP contribution in [0.1, 0.15) is 15.9 Å². The average molecular weight is 330 g/mol. The summed E-state index contributed by atoms with van der Waals surface area (Å²) in [6.45, 7) is 6.51. The van der Waals surface area contributed by atoms with Crippen LogP contribution in [0.4, 0.5) is 0 Å². The summed E-state index contributed by atoms with van der Waals surface area (Å²) >= 11 is 6.29. The van der Waals surface area contributed by atoms with Gasteiger partial charge in [-0.3, -0.25) is 4.79 Å². The minimum absolute atomic E-state index is 0.255. The Balaban J connectivity index is 2.54. The Morgan fingerprint density at radius 1 is 1.23 bits per heavy atom. The monoisotopic (exact) mass is 329 g/mol. The molecule has 0 fully saturated rings. The molecule has 2 aromatic rings. The molecule has 6 heteroatoms. The molecule has 0 aliphatic heterocycles. The maximum atomic E-state index is 11.1. The van der Waals surface area contributed by atoms with E-state index in [1.807, 2.05) is 12.1 Å². The molecule has 1 amide bonds. The molecule has 0 unspecified atom stereocenters. The van der Waals surface area contributed by atoms with Crippen molar-refractivity contribution in [2.75, 3.05) is 0 Å². The summed E-state index contributed by atoms with van der Waals surface area (Å²) in [7, 11) is -1.51. The molecule has 2 N–H and O–H groups in total. The molecule has 0 atom stereocenters. The highest BCUT2D eigenvalue weighted by Gasteiger charge is 2.13. The minimum atomic E-state index is -1.51. The van der Waals surface area contributed by atoms with Crippen LogP contribution in [0, 0.1) is 11.5 Å². The summed E-state index contributed by atoms with van der Waals surface area (Å²) in [6, 6.07) is 5.50. The topological polar surface area (TPSA) is 68.9 Å². The maximum Gasteiger partial charge on any atom is 0.251 e. The van der Waals surface area contributed by atoms with Crippen LogP contribution < -0.4 is 5.73 Å². The van der Waals surface area contributed by atoms with Gasteiger partial charge in [-0.25, -0.2) is 9.97 Å². The summed E-state index contributed by atoms with van der Waals surface area (Å²) in [5.41, 5.74) is 10.2. The lowest BCUT2D eigenvalue weighted by Crippen LogP contribution is -2.16. The molecule has 0 spiro atoms. The number of amides is 1. The highest BCUT2D eigenvalue weighted by Crippen LogP contribution is 2.28. The molecule has 0 aliphatic rings. The van der Waals surface area contributed by atoms with E-state index in [1.165, 1.54) is 12.4 Å². The van der Waals surface area contributed by atoms with Gasteiger partial charge in [-0.1, -0.05) is 43.2 Å². The third-order valence-electron chi connectivity index (χ3n) is 2.75. The van der Waals surface area contributed by atoms with Gasteiger partial charge >= 0.3 is 0 Å². The number of hydrogen-bond acceptors (Lipinski definition) is 3. The minimum Gasteiger partial charge on any atom is -0.366 e. The number of primary amides is 1. The van der Waals surface area contributed by atoms with E-state index < -0.39 is 14.0 Å². The van der Waals surface area contributed by atoms with Gasteiger partial charge in [-0.05, 0) is 12.1 Å². The number of carbonyl (C=O) groups excluding carboxylic acids is 1. The van der Waals surface area contributed by atoms with Gasteiger partial charge in [-0.2, -0.15) is 0 Å². The largest absolute Gasteiger partial charge is 0.366 e. The van der Waals surface area contributed by atoms with Gasteiger partial charge in [0, 0.05) is 18.0 Å². The van der Waals surface area contributed by atoms with E-state index in [1.54, 1.807) is 6.07 Å². The van der Waals surface area contributed by atoms with Gasteiger partial charge in [0.1, 0.15) is 8.07 Å². The zero-order valence-corrected chi connectivity index (χ0v) is 14.4. The average Bonchev–Trinajstić information content (AvgIpc) is 2.44. The van der Waals surface area contributed by atoms with Crippen molar-refractivity contribution >= 4 is 25.6 Å². The number of hydrogen-bond donors (Lipinski definition) is 1. The molecule has 1 aromatic heterocycles. The third kappa shape index (κ3) is 3.94. The molecule has 0 saturated carbocycles. The van der Waals surface area contributed by atoms with Gasteiger partial charge in [0.15, 0.2) is 5.82 Å². The van der Waals surface area contributed by atoms with Crippen molar-refractivity contribution < 1.29 is 4.79 Å². The second kappa shape index (κ2) is 6.30. The number of halogens is 1. The normalized spacial score (nSPS) is 10.7. The quantitative estimate of drug-likeness (QED) is 0.679. The van der Waals surface area contributed by atoms with Gasteiger partial charge in [0.25, 0.3) is 5.91 Å². The molecular weight excluding hydrogens is 314 g/mol. The predicted octanol–water partition coefficient (Wildman–Crippen LogP) is 3.12. The van der Waals surface area contributed by atoms with E-state index in [4.69, 9.17) is 17.3 Å². The number of rotatable bonds is 2. The van der Waals surface area contributed by atoms with Crippen LogP contribution in [0.15, 0.2) is 30.6 Å². The van der Waals surface area contributed by atoms with E-state index >= 15 is 0 Å². The standard InChI is InChI=1S/C16H16ClN3OSi/c1-22(2,3)8-7-11-5-4-6-13(17)14(11)16-19-9-12(10-20-16)15(18)21/h4-6,9-10H,1-3H3,(H2,18,21). The number of aromatic nitrogens is 2. The molecule has 22 heavy (non-hydrogen) atoms. The van der Waals surface area contributed by atoms with Gasteiger partial charge < -0.3 is 5.73 Å². The Labute approximate surface area is 135 Å². The number of carbonyl (C=O) groups is 1. The van der Waals surface area contributed by atoms with Crippen molar-refractivity contribution in [3.63, 3.8) is 0 Å². The van der Waals surface area contributed by atoms with Crippen LogP contribution >= 0.6 is 11.6 Å². The zero-order valence-electron chi connectivity index (χ0n) is 12.6. The molecule has 2 rings (SSSR count). The third-order valence-corrected chi connectivity index (χ3v) is 3.94. The first-order valence-electron chi connectivity index (χ1n) is 6.72. The molecule has 0 saturated heterocycles. The van der Waals surface area contributed by atoms with Crippen molar-refractivity contribution in [2.24, 2.45) is 5.73 Å². The van der Waals surface area contributed by atoms with E-state index in [2.05, 4.69) is 41.1 Å². The van der Waals surface area contributed by atoms with E-state index in [0.717, 1.165) is 5.56 Å². The predicted molar refractivity (Wildman–Crippen MR) is 91.2 cm³/mol. The summed E-state index contributed by atoms with van der Waals surface area (Å²) in [4.78, 5) is 19.5. The van der Waals surface area contributed by atoms with Crippen molar-refractivity contribution in [3.8, 4) is 22.9 Å². The zero-order chi connectivity index (χ0) is 16.3. The molecule has 112 valence electrons. The fraction of sp³-hybridized carbons (Fsp3) is 0.188. The molecule has 1 aromatic carbocycles. The van der Waals surface area contributed by atoms with Crippen LogP contribution in [-0.4, -0.2) is 23.9 Å². The highest BCUT2D eigenvalue weighted by molar-refractivity contribution is 6.83. The van der Waals surface area contributed by atoms with Crippen LogP contribution in [0.25, 0.3) is 11.4 Å². The fourth-order valence-corrected chi connectivity index (χ4v) is 2.46. The lowest BCUT2D eigenvalue weighted by molar-refractivity contribution is 0.0999. The molecule has 0 radical (unpaired) electrons. The second-order valence-corrected chi connectivity index (χ2v) is 11.0. The number of benzene rings is 1. The van der Waals surface area contributed by atoms with Gasteiger partial charge in [0.05, 0.1) is 16.1 Å². The second-order valence-electron chi connectivity index (χ2n) is 5.82. The van der Waals surface area contributed by atoms with Gasteiger partial charge in [0.2, 0.25) is 0 Å². The van der Waals surface area contributed by atoms with E-state index in [9.17, 15) is 4.79 Å². The van der Waals surface area contributed by atoms with Crippen LogP contribution in [0.3, 0.4) is 0 Å². The Morgan fingerprint density at radius 3 is 2.41 bits per heavy atom. The molecule has 0 aliphatic carbocycles. The Morgan fingerprint density at radius 2 is 1.86 bits per heavy atom.